The molecule has 114 valence electrons. The van der Waals surface area contributed by atoms with E-state index in [1.165, 1.54) is 4.88 Å². The first-order chi connectivity index (χ1) is 10.1. The van der Waals surface area contributed by atoms with Crippen molar-refractivity contribution < 1.29 is 14.7 Å². The second-order valence-corrected chi connectivity index (χ2v) is 6.80. The van der Waals surface area contributed by atoms with E-state index >= 15 is 0 Å². The van der Waals surface area contributed by atoms with Gasteiger partial charge in [-0.1, -0.05) is 6.07 Å². The molecule has 1 aromatic rings. The normalized spacial score (nSPS) is 26.4. The number of hydrogen-bond donors (Lipinski definition) is 1. The molecular weight excluding hydrogens is 288 g/mol. The number of carboxylic acid groups (broad SMARTS) is 1. The van der Waals surface area contributed by atoms with Gasteiger partial charge in [0, 0.05) is 18.0 Å². The van der Waals surface area contributed by atoms with E-state index in [1.54, 1.807) is 11.3 Å². The van der Waals surface area contributed by atoms with Gasteiger partial charge in [0.1, 0.15) is 0 Å². The molecule has 0 bridgehead atoms. The average molecular weight is 308 g/mol. The first-order valence-electron chi connectivity index (χ1n) is 7.43. The molecule has 5 nitrogen and oxygen atoms in total. The summed E-state index contributed by atoms with van der Waals surface area (Å²) in [6.07, 6.45) is 2.73. The van der Waals surface area contributed by atoms with Gasteiger partial charge in [-0.2, -0.15) is 0 Å². The molecule has 2 unspecified atom stereocenters. The number of nitrogens with zero attached hydrogens (tertiary/aromatic N) is 2. The van der Waals surface area contributed by atoms with Crippen molar-refractivity contribution in [1.82, 2.24) is 9.80 Å². The van der Waals surface area contributed by atoms with Crippen molar-refractivity contribution >= 4 is 23.2 Å². The van der Waals surface area contributed by atoms with Crippen LogP contribution in [0.5, 0.6) is 0 Å². The van der Waals surface area contributed by atoms with Crippen molar-refractivity contribution in [3.05, 3.63) is 22.4 Å². The van der Waals surface area contributed by atoms with E-state index < -0.39 is 5.97 Å². The number of rotatable bonds is 4. The van der Waals surface area contributed by atoms with Gasteiger partial charge >= 0.3 is 5.97 Å². The van der Waals surface area contributed by atoms with Crippen LogP contribution in [0.4, 0.5) is 0 Å². The highest BCUT2D eigenvalue weighted by molar-refractivity contribution is 7.10. The number of aliphatic carboxylic acids is 1. The fraction of sp³-hybridized carbons (Fsp3) is 0.600. The molecule has 6 heteroatoms. The van der Waals surface area contributed by atoms with Crippen LogP contribution in [0.1, 0.15) is 30.2 Å². The fourth-order valence-corrected chi connectivity index (χ4v) is 4.18. The van der Waals surface area contributed by atoms with Gasteiger partial charge in [0.25, 0.3) is 0 Å². The SMILES string of the molecule is O=C(O)C1CCN(CC(=O)N2CCCC2c2cccs2)C1. The summed E-state index contributed by atoms with van der Waals surface area (Å²) < 4.78 is 0. The molecule has 3 rings (SSSR count). The van der Waals surface area contributed by atoms with Crippen LogP contribution >= 0.6 is 11.3 Å². The van der Waals surface area contributed by atoms with Crippen LogP contribution in [0.15, 0.2) is 17.5 Å². The van der Waals surface area contributed by atoms with Crippen LogP contribution in [0, 0.1) is 5.92 Å². The molecular formula is C15H20N2O3S. The standard InChI is InChI=1S/C15H20N2O3S/c18-14(10-16-7-5-11(9-16)15(19)20)17-6-1-3-12(17)13-4-2-8-21-13/h2,4,8,11-12H,1,3,5-7,9-10H2,(H,19,20). The monoisotopic (exact) mass is 308 g/mol. The number of likely N-dealkylation sites (tertiary alicyclic amines) is 2. The number of carbonyl (C=O) groups excluding carboxylic acids is 1. The molecule has 2 aliphatic heterocycles. The Hall–Kier alpha value is -1.40. The third-order valence-electron chi connectivity index (χ3n) is 4.43. The molecule has 0 aliphatic carbocycles. The van der Waals surface area contributed by atoms with E-state index in [-0.39, 0.29) is 17.9 Å². The molecule has 0 aromatic carbocycles. The quantitative estimate of drug-likeness (QED) is 0.921. The third kappa shape index (κ3) is 3.11. The van der Waals surface area contributed by atoms with Gasteiger partial charge in [0.05, 0.1) is 18.5 Å². The molecule has 1 amide bonds. The van der Waals surface area contributed by atoms with Crippen molar-refractivity contribution in [2.45, 2.75) is 25.3 Å². The Morgan fingerprint density at radius 2 is 2.19 bits per heavy atom. The summed E-state index contributed by atoms with van der Waals surface area (Å²) in [5, 5.41) is 11.1. The minimum absolute atomic E-state index is 0.136. The first kappa shape index (κ1) is 14.5. The number of amides is 1. The van der Waals surface area contributed by atoms with E-state index in [0.717, 1.165) is 19.4 Å². The maximum atomic E-state index is 12.5. The Kier molecular flexibility index (Phi) is 4.26. The van der Waals surface area contributed by atoms with Gasteiger partial charge in [0.2, 0.25) is 5.91 Å². The van der Waals surface area contributed by atoms with Crippen LogP contribution in [-0.2, 0) is 9.59 Å². The van der Waals surface area contributed by atoms with Crippen molar-refractivity contribution in [3.8, 4) is 0 Å². The van der Waals surface area contributed by atoms with Gasteiger partial charge in [-0.15, -0.1) is 11.3 Å². The molecule has 0 radical (unpaired) electrons. The van der Waals surface area contributed by atoms with E-state index in [4.69, 9.17) is 5.11 Å². The van der Waals surface area contributed by atoms with Crippen molar-refractivity contribution in [2.75, 3.05) is 26.2 Å². The zero-order valence-electron chi connectivity index (χ0n) is 11.9. The van der Waals surface area contributed by atoms with Crippen LogP contribution in [0.2, 0.25) is 0 Å². The summed E-state index contributed by atoms with van der Waals surface area (Å²) in [5.41, 5.74) is 0. The predicted molar refractivity (Wildman–Crippen MR) is 80.2 cm³/mol. The molecule has 0 saturated carbocycles. The van der Waals surface area contributed by atoms with Gasteiger partial charge in [0.15, 0.2) is 0 Å². The largest absolute Gasteiger partial charge is 0.481 e. The Balaban J connectivity index is 1.59. The maximum Gasteiger partial charge on any atom is 0.307 e. The maximum absolute atomic E-state index is 12.5. The van der Waals surface area contributed by atoms with Crippen LogP contribution in [-0.4, -0.2) is 53.0 Å². The van der Waals surface area contributed by atoms with Crippen LogP contribution in [0.25, 0.3) is 0 Å². The lowest BCUT2D eigenvalue weighted by Crippen LogP contribution is -2.39. The smallest absolute Gasteiger partial charge is 0.307 e. The molecule has 3 heterocycles. The lowest BCUT2D eigenvalue weighted by atomic mass is 10.1. The predicted octanol–water partition coefficient (Wildman–Crippen LogP) is 1.82. The van der Waals surface area contributed by atoms with Gasteiger partial charge in [-0.25, -0.2) is 0 Å². The second kappa shape index (κ2) is 6.15. The van der Waals surface area contributed by atoms with Crippen molar-refractivity contribution in [2.24, 2.45) is 5.92 Å². The minimum atomic E-state index is -0.748. The van der Waals surface area contributed by atoms with Crippen molar-refractivity contribution in [3.63, 3.8) is 0 Å². The summed E-state index contributed by atoms with van der Waals surface area (Å²) in [7, 11) is 0. The van der Waals surface area contributed by atoms with E-state index in [9.17, 15) is 9.59 Å². The molecule has 2 saturated heterocycles. The van der Waals surface area contributed by atoms with Gasteiger partial charge in [-0.05, 0) is 37.3 Å². The van der Waals surface area contributed by atoms with E-state index in [2.05, 4.69) is 6.07 Å². The molecule has 0 spiro atoms. The average Bonchev–Trinajstić information content (AvgIpc) is 3.19. The van der Waals surface area contributed by atoms with Crippen LogP contribution in [0.3, 0.4) is 0 Å². The number of carboxylic acids is 1. The molecule has 2 fully saturated rings. The van der Waals surface area contributed by atoms with E-state index in [0.29, 0.717) is 26.1 Å². The molecule has 2 atom stereocenters. The number of carbonyl (C=O) groups is 2. The summed E-state index contributed by atoms with van der Waals surface area (Å²) in [5.74, 6) is -0.927. The van der Waals surface area contributed by atoms with Gasteiger partial charge in [-0.3, -0.25) is 14.5 Å². The minimum Gasteiger partial charge on any atom is -0.481 e. The highest BCUT2D eigenvalue weighted by Crippen LogP contribution is 2.34. The Morgan fingerprint density at radius 1 is 1.33 bits per heavy atom. The Morgan fingerprint density at radius 3 is 2.86 bits per heavy atom. The summed E-state index contributed by atoms with van der Waals surface area (Å²) >= 11 is 1.70. The third-order valence-corrected chi connectivity index (χ3v) is 5.40. The molecule has 21 heavy (non-hydrogen) atoms. The highest BCUT2D eigenvalue weighted by Gasteiger charge is 2.34. The number of hydrogen-bond acceptors (Lipinski definition) is 4. The topological polar surface area (TPSA) is 60.9 Å². The van der Waals surface area contributed by atoms with Gasteiger partial charge < -0.3 is 10.0 Å². The number of thiophene rings is 1. The fourth-order valence-electron chi connectivity index (χ4n) is 3.30. The zero-order chi connectivity index (χ0) is 14.8. The lowest BCUT2D eigenvalue weighted by Gasteiger charge is -2.26. The lowest BCUT2D eigenvalue weighted by molar-refractivity contribution is -0.141. The summed E-state index contributed by atoms with van der Waals surface area (Å²) in [6.45, 7) is 2.38. The highest BCUT2D eigenvalue weighted by atomic mass is 32.1. The first-order valence-corrected chi connectivity index (χ1v) is 8.31. The molecule has 1 aromatic heterocycles. The Labute approximate surface area is 128 Å². The molecule has 1 N–H and O–H groups in total. The summed E-state index contributed by atoms with van der Waals surface area (Å²) in [4.78, 5) is 28.7. The second-order valence-electron chi connectivity index (χ2n) is 5.82. The van der Waals surface area contributed by atoms with Crippen molar-refractivity contribution in [1.29, 1.82) is 0 Å². The van der Waals surface area contributed by atoms with Crippen LogP contribution < -0.4 is 0 Å². The Bertz CT molecular complexity index is 517. The summed E-state index contributed by atoms with van der Waals surface area (Å²) in [6, 6.07) is 4.34. The zero-order valence-corrected chi connectivity index (χ0v) is 12.7. The molecule has 2 aliphatic rings. The van der Waals surface area contributed by atoms with E-state index in [1.807, 2.05) is 21.2 Å².